The third-order valence-electron chi connectivity index (χ3n) is 6.62. The number of alkyl halides is 3. The lowest BCUT2D eigenvalue weighted by molar-refractivity contribution is -0.138. The molecular weight excluding hydrogens is 421 g/mol. The molecule has 5 rings (SSSR count). The van der Waals surface area contributed by atoms with Gasteiger partial charge in [0.25, 0.3) is 5.91 Å². The minimum Gasteiger partial charge on any atom is -0.492 e. The number of ether oxygens (including phenoxy) is 1. The number of pyridine rings is 1. The van der Waals surface area contributed by atoms with Crippen LogP contribution in [0.1, 0.15) is 47.4 Å². The van der Waals surface area contributed by atoms with E-state index in [2.05, 4.69) is 10.2 Å². The largest absolute Gasteiger partial charge is 0.492 e. The van der Waals surface area contributed by atoms with E-state index in [1.165, 1.54) is 6.07 Å². The Labute approximate surface area is 183 Å². The summed E-state index contributed by atoms with van der Waals surface area (Å²) in [5.41, 5.74) is 0.386. The summed E-state index contributed by atoms with van der Waals surface area (Å²) >= 11 is 0. The highest BCUT2D eigenvalue weighted by molar-refractivity contribution is 5.91. The van der Waals surface area contributed by atoms with Crippen LogP contribution < -0.4 is 4.74 Å². The maximum Gasteiger partial charge on any atom is 0.416 e. The zero-order valence-corrected chi connectivity index (χ0v) is 17.5. The Morgan fingerprint density at radius 3 is 2.50 bits per heavy atom. The number of likely N-dealkylation sites (tertiary alicyclic amines) is 1. The lowest BCUT2D eigenvalue weighted by Crippen LogP contribution is -2.31. The van der Waals surface area contributed by atoms with Gasteiger partial charge in [-0.25, -0.2) is 0 Å². The first kappa shape index (κ1) is 20.8. The summed E-state index contributed by atoms with van der Waals surface area (Å²) in [5, 5.41) is 8.15. The van der Waals surface area contributed by atoms with E-state index in [4.69, 9.17) is 4.74 Å². The first-order valence-corrected chi connectivity index (χ1v) is 10.8. The number of carbonyl (C=O) groups is 1. The summed E-state index contributed by atoms with van der Waals surface area (Å²) in [6.45, 7) is 3.43. The maximum absolute atomic E-state index is 13.4. The monoisotopic (exact) mass is 444 g/mol. The standard InChI is InChI=1S/C23H23F3N4O2/c1-2-32-17-7-8-20-27-28-21(30(20)13-17)22(31)29-11-15-9-14(10-16(15)12-29)18-5-3-4-6-19(18)23(24,25)26/h3-8,13-16H,2,9-12H2,1H3. The molecule has 2 unspecified atom stereocenters. The summed E-state index contributed by atoms with van der Waals surface area (Å²) < 4.78 is 47.5. The van der Waals surface area contributed by atoms with Crippen molar-refractivity contribution in [1.82, 2.24) is 19.5 Å². The molecule has 0 radical (unpaired) electrons. The predicted molar refractivity (Wildman–Crippen MR) is 110 cm³/mol. The molecular formula is C23H23F3N4O2. The van der Waals surface area contributed by atoms with E-state index < -0.39 is 11.7 Å². The van der Waals surface area contributed by atoms with Crippen LogP contribution in [-0.2, 0) is 6.18 Å². The quantitative estimate of drug-likeness (QED) is 0.598. The van der Waals surface area contributed by atoms with Crippen LogP contribution in [-0.4, -0.2) is 45.1 Å². The van der Waals surface area contributed by atoms with Gasteiger partial charge in [0.05, 0.1) is 18.4 Å². The van der Waals surface area contributed by atoms with Crippen molar-refractivity contribution in [1.29, 1.82) is 0 Å². The Bertz CT molecular complexity index is 1150. The average molecular weight is 444 g/mol. The van der Waals surface area contributed by atoms with Crippen molar-refractivity contribution >= 4 is 11.6 Å². The predicted octanol–water partition coefficient (Wildman–Crippen LogP) is 4.41. The number of fused-ring (bicyclic) bond motifs is 2. The van der Waals surface area contributed by atoms with E-state index >= 15 is 0 Å². The van der Waals surface area contributed by atoms with Crippen molar-refractivity contribution in [3.8, 4) is 5.75 Å². The molecule has 3 heterocycles. The van der Waals surface area contributed by atoms with Crippen LogP contribution in [0, 0.1) is 11.8 Å². The third kappa shape index (κ3) is 3.59. The number of rotatable bonds is 4. The van der Waals surface area contributed by atoms with E-state index in [9.17, 15) is 18.0 Å². The fraction of sp³-hybridized carbons (Fsp3) is 0.435. The first-order chi connectivity index (χ1) is 15.3. The normalized spacial score (nSPS) is 23.0. The number of benzene rings is 1. The number of amides is 1. The Hall–Kier alpha value is -3.10. The molecule has 1 saturated carbocycles. The number of hydrogen-bond donors (Lipinski definition) is 0. The van der Waals surface area contributed by atoms with Crippen LogP contribution >= 0.6 is 0 Å². The van der Waals surface area contributed by atoms with Crippen molar-refractivity contribution in [2.24, 2.45) is 11.8 Å². The highest BCUT2D eigenvalue weighted by Crippen LogP contribution is 2.49. The van der Waals surface area contributed by atoms with Gasteiger partial charge >= 0.3 is 6.18 Å². The average Bonchev–Trinajstić information content (AvgIpc) is 3.46. The van der Waals surface area contributed by atoms with Crippen LogP contribution in [0.2, 0.25) is 0 Å². The SMILES string of the molecule is CCOc1ccc2nnc(C(=O)N3CC4CC(c5ccccc5C(F)(F)F)CC4C3)n2c1. The number of hydrogen-bond acceptors (Lipinski definition) is 4. The van der Waals surface area contributed by atoms with E-state index in [-0.39, 0.29) is 29.5 Å². The van der Waals surface area contributed by atoms with E-state index in [1.807, 2.05) is 6.92 Å². The first-order valence-electron chi connectivity index (χ1n) is 10.8. The summed E-state index contributed by atoms with van der Waals surface area (Å²) in [4.78, 5) is 14.9. The molecule has 168 valence electrons. The van der Waals surface area contributed by atoms with E-state index in [1.54, 1.807) is 39.8 Å². The molecule has 0 bridgehead atoms. The molecule has 9 heteroatoms. The van der Waals surface area contributed by atoms with Gasteiger partial charge in [-0.1, -0.05) is 18.2 Å². The van der Waals surface area contributed by atoms with Crippen LogP contribution in [0.25, 0.3) is 5.65 Å². The zero-order chi connectivity index (χ0) is 22.5. The van der Waals surface area contributed by atoms with Gasteiger partial charge in [-0.05, 0) is 61.3 Å². The van der Waals surface area contributed by atoms with Crippen molar-refractivity contribution < 1.29 is 22.7 Å². The number of nitrogens with zero attached hydrogens (tertiary/aromatic N) is 4. The van der Waals surface area contributed by atoms with Crippen LogP contribution in [0.15, 0.2) is 42.6 Å². The Morgan fingerprint density at radius 1 is 1.09 bits per heavy atom. The maximum atomic E-state index is 13.4. The second kappa shape index (κ2) is 7.79. The lowest BCUT2D eigenvalue weighted by Gasteiger charge is -2.21. The van der Waals surface area contributed by atoms with Gasteiger partial charge in [-0.3, -0.25) is 9.20 Å². The number of carbonyl (C=O) groups excluding carboxylic acids is 1. The molecule has 0 spiro atoms. The minimum atomic E-state index is -4.36. The van der Waals surface area contributed by atoms with Gasteiger partial charge in [0, 0.05) is 13.1 Å². The lowest BCUT2D eigenvalue weighted by atomic mass is 9.91. The number of halogens is 3. The Morgan fingerprint density at radius 2 is 1.81 bits per heavy atom. The van der Waals surface area contributed by atoms with Gasteiger partial charge in [-0.15, -0.1) is 10.2 Å². The molecule has 1 saturated heterocycles. The van der Waals surface area contributed by atoms with Gasteiger partial charge in [0.15, 0.2) is 5.65 Å². The molecule has 0 N–H and O–H groups in total. The van der Waals surface area contributed by atoms with Gasteiger partial charge in [0.1, 0.15) is 5.75 Å². The highest BCUT2D eigenvalue weighted by Gasteiger charge is 2.45. The number of aromatic nitrogens is 3. The Kier molecular flexibility index (Phi) is 5.06. The molecule has 1 aromatic carbocycles. The fourth-order valence-corrected chi connectivity index (χ4v) is 5.24. The third-order valence-corrected chi connectivity index (χ3v) is 6.62. The molecule has 1 aliphatic heterocycles. The van der Waals surface area contributed by atoms with E-state index in [0.717, 1.165) is 6.07 Å². The summed E-state index contributed by atoms with van der Waals surface area (Å²) in [6.07, 6.45) is -1.36. The minimum absolute atomic E-state index is 0.136. The molecule has 1 amide bonds. The van der Waals surface area contributed by atoms with Crippen molar-refractivity contribution in [2.75, 3.05) is 19.7 Å². The van der Waals surface area contributed by atoms with Crippen LogP contribution in [0.5, 0.6) is 5.75 Å². The topological polar surface area (TPSA) is 59.7 Å². The second-order valence-electron chi connectivity index (χ2n) is 8.53. The smallest absolute Gasteiger partial charge is 0.416 e. The summed E-state index contributed by atoms with van der Waals surface area (Å²) in [5.74, 6) is 0.862. The van der Waals surface area contributed by atoms with Crippen molar-refractivity contribution in [2.45, 2.75) is 31.9 Å². The van der Waals surface area contributed by atoms with Gasteiger partial charge in [0.2, 0.25) is 5.82 Å². The van der Waals surface area contributed by atoms with Crippen molar-refractivity contribution in [3.63, 3.8) is 0 Å². The summed E-state index contributed by atoms with van der Waals surface area (Å²) in [6, 6.07) is 9.38. The molecule has 2 aromatic heterocycles. The molecule has 3 aromatic rings. The molecule has 32 heavy (non-hydrogen) atoms. The Balaban J connectivity index is 1.32. The van der Waals surface area contributed by atoms with Gasteiger partial charge < -0.3 is 9.64 Å². The summed E-state index contributed by atoms with van der Waals surface area (Å²) in [7, 11) is 0. The molecule has 2 aliphatic rings. The van der Waals surface area contributed by atoms with Crippen LogP contribution in [0.3, 0.4) is 0 Å². The van der Waals surface area contributed by atoms with Crippen molar-refractivity contribution in [3.05, 3.63) is 59.5 Å². The van der Waals surface area contributed by atoms with E-state index in [0.29, 0.717) is 49.5 Å². The van der Waals surface area contributed by atoms with Gasteiger partial charge in [-0.2, -0.15) is 13.2 Å². The molecule has 1 aliphatic carbocycles. The van der Waals surface area contributed by atoms with Crippen LogP contribution in [0.4, 0.5) is 13.2 Å². The fourth-order valence-electron chi connectivity index (χ4n) is 5.24. The molecule has 2 fully saturated rings. The second-order valence-corrected chi connectivity index (χ2v) is 8.53. The molecule has 6 nitrogen and oxygen atoms in total. The molecule has 2 atom stereocenters. The highest BCUT2D eigenvalue weighted by atomic mass is 19.4. The zero-order valence-electron chi connectivity index (χ0n) is 17.5.